The number of carbonyl (C=O) groups is 1. The summed E-state index contributed by atoms with van der Waals surface area (Å²) in [5.74, 6) is 0.408. The SMILES string of the molecule is N#CCC1(n2nc(Nc3ccccc3)c3c(=O)[nH]ccc32)CCN(C(=O)O)CC1. The van der Waals surface area contributed by atoms with Crippen molar-refractivity contribution in [2.75, 3.05) is 18.4 Å². The Morgan fingerprint density at radius 1 is 1.28 bits per heavy atom. The van der Waals surface area contributed by atoms with Gasteiger partial charge in [-0.15, -0.1) is 0 Å². The molecule has 9 nitrogen and oxygen atoms in total. The molecule has 9 heteroatoms. The van der Waals surface area contributed by atoms with Gasteiger partial charge in [0.05, 0.1) is 23.5 Å². The van der Waals surface area contributed by atoms with Crippen molar-refractivity contribution in [3.05, 3.63) is 52.9 Å². The van der Waals surface area contributed by atoms with E-state index in [1.54, 1.807) is 16.9 Å². The molecule has 1 fully saturated rings. The number of pyridine rings is 1. The number of nitriles is 1. The Balaban J connectivity index is 1.82. The summed E-state index contributed by atoms with van der Waals surface area (Å²) in [6.07, 6.45) is 1.66. The minimum Gasteiger partial charge on any atom is -0.465 e. The largest absolute Gasteiger partial charge is 0.465 e. The molecule has 1 saturated heterocycles. The number of aromatic amines is 1. The van der Waals surface area contributed by atoms with E-state index >= 15 is 0 Å². The molecule has 1 amide bonds. The number of hydrogen-bond acceptors (Lipinski definition) is 5. The number of nitrogens with one attached hydrogen (secondary N) is 2. The van der Waals surface area contributed by atoms with Crippen molar-refractivity contribution >= 4 is 28.5 Å². The van der Waals surface area contributed by atoms with Crippen molar-refractivity contribution in [1.82, 2.24) is 19.7 Å². The molecule has 1 aromatic carbocycles. The van der Waals surface area contributed by atoms with Gasteiger partial charge in [0.25, 0.3) is 5.56 Å². The summed E-state index contributed by atoms with van der Waals surface area (Å²) in [5, 5.41) is 27.1. The Morgan fingerprint density at radius 3 is 2.66 bits per heavy atom. The van der Waals surface area contributed by atoms with E-state index in [1.165, 1.54) is 4.90 Å². The summed E-state index contributed by atoms with van der Waals surface area (Å²) >= 11 is 0. The molecule has 3 aromatic rings. The van der Waals surface area contributed by atoms with E-state index in [1.807, 2.05) is 30.3 Å². The van der Waals surface area contributed by atoms with Crippen LogP contribution in [0.2, 0.25) is 0 Å². The van der Waals surface area contributed by atoms with Gasteiger partial charge in [-0.25, -0.2) is 4.79 Å². The van der Waals surface area contributed by atoms with Crippen LogP contribution in [0.5, 0.6) is 0 Å². The number of fused-ring (bicyclic) bond motifs is 1. The van der Waals surface area contributed by atoms with Crippen LogP contribution in [0.25, 0.3) is 10.9 Å². The first-order valence-corrected chi connectivity index (χ1v) is 9.32. The monoisotopic (exact) mass is 392 g/mol. The van der Waals surface area contributed by atoms with Gasteiger partial charge >= 0.3 is 6.09 Å². The average molecular weight is 392 g/mol. The number of nitrogens with zero attached hydrogens (tertiary/aromatic N) is 4. The van der Waals surface area contributed by atoms with Crippen LogP contribution in [-0.2, 0) is 5.54 Å². The Hall–Kier alpha value is -3.80. The van der Waals surface area contributed by atoms with Crippen LogP contribution < -0.4 is 10.9 Å². The molecular weight excluding hydrogens is 372 g/mol. The zero-order chi connectivity index (χ0) is 20.4. The van der Waals surface area contributed by atoms with E-state index < -0.39 is 11.6 Å². The average Bonchev–Trinajstić information content (AvgIpc) is 3.10. The highest BCUT2D eigenvalue weighted by Crippen LogP contribution is 2.37. The van der Waals surface area contributed by atoms with Crippen molar-refractivity contribution < 1.29 is 9.90 Å². The van der Waals surface area contributed by atoms with Gasteiger partial charge in [-0.3, -0.25) is 9.48 Å². The van der Waals surface area contributed by atoms with Crippen molar-refractivity contribution in [3.63, 3.8) is 0 Å². The summed E-state index contributed by atoms with van der Waals surface area (Å²) < 4.78 is 1.74. The zero-order valence-electron chi connectivity index (χ0n) is 15.6. The summed E-state index contributed by atoms with van der Waals surface area (Å²) in [4.78, 5) is 27.9. The molecule has 0 bridgehead atoms. The topological polar surface area (TPSA) is 127 Å². The normalized spacial score (nSPS) is 15.8. The lowest BCUT2D eigenvalue weighted by Gasteiger charge is -2.40. The Bertz CT molecular complexity index is 1140. The molecular formula is C20H20N6O3. The third kappa shape index (κ3) is 3.29. The van der Waals surface area contributed by atoms with Gasteiger partial charge in [-0.05, 0) is 31.0 Å². The Kier molecular flexibility index (Phi) is 4.68. The van der Waals surface area contributed by atoms with E-state index in [0.29, 0.717) is 42.7 Å². The minimum atomic E-state index is -0.969. The lowest BCUT2D eigenvalue weighted by Crippen LogP contribution is -2.48. The Labute approximate surface area is 166 Å². The molecule has 3 N–H and O–H groups in total. The van der Waals surface area contributed by atoms with Gasteiger partial charge in [-0.2, -0.15) is 10.4 Å². The molecule has 1 aliphatic rings. The lowest BCUT2D eigenvalue weighted by atomic mass is 9.85. The number of H-pyrrole nitrogens is 1. The van der Waals surface area contributed by atoms with Gasteiger partial charge in [0.1, 0.15) is 5.39 Å². The second-order valence-corrected chi connectivity index (χ2v) is 7.15. The first-order chi connectivity index (χ1) is 14.0. The third-order valence-corrected chi connectivity index (χ3v) is 5.46. The highest BCUT2D eigenvalue weighted by molar-refractivity contribution is 5.91. The number of benzene rings is 1. The number of anilines is 2. The minimum absolute atomic E-state index is 0.175. The molecule has 0 aliphatic carbocycles. The first kappa shape index (κ1) is 18.6. The summed E-state index contributed by atoms with van der Waals surface area (Å²) in [6, 6.07) is 13.4. The van der Waals surface area contributed by atoms with Crippen molar-refractivity contribution in [3.8, 4) is 6.07 Å². The molecule has 3 heterocycles. The second kappa shape index (κ2) is 7.31. The molecule has 148 valence electrons. The molecule has 0 saturated carbocycles. The molecule has 0 spiro atoms. The van der Waals surface area contributed by atoms with Gasteiger partial charge < -0.3 is 20.3 Å². The maximum atomic E-state index is 12.6. The van der Waals surface area contributed by atoms with E-state index in [0.717, 1.165) is 5.69 Å². The summed E-state index contributed by atoms with van der Waals surface area (Å²) in [5.41, 5.74) is 0.453. The fourth-order valence-electron chi connectivity index (χ4n) is 3.91. The van der Waals surface area contributed by atoms with Crippen LogP contribution in [0.1, 0.15) is 19.3 Å². The lowest BCUT2D eigenvalue weighted by molar-refractivity contribution is 0.0912. The summed E-state index contributed by atoms with van der Waals surface area (Å²) in [6.45, 7) is 0.617. The molecule has 0 atom stereocenters. The predicted molar refractivity (Wildman–Crippen MR) is 107 cm³/mol. The number of para-hydroxylation sites is 1. The van der Waals surface area contributed by atoms with Gasteiger partial charge in [0.2, 0.25) is 0 Å². The second-order valence-electron chi connectivity index (χ2n) is 7.15. The van der Waals surface area contributed by atoms with E-state index in [4.69, 9.17) is 5.10 Å². The predicted octanol–water partition coefficient (Wildman–Crippen LogP) is 2.85. The van der Waals surface area contributed by atoms with Crippen molar-refractivity contribution in [2.24, 2.45) is 0 Å². The molecule has 0 radical (unpaired) electrons. The quantitative estimate of drug-likeness (QED) is 0.626. The zero-order valence-corrected chi connectivity index (χ0v) is 15.6. The first-order valence-electron chi connectivity index (χ1n) is 9.32. The van der Waals surface area contributed by atoms with E-state index in [9.17, 15) is 20.0 Å². The smallest absolute Gasteiger partial charge is 0.407 e. The van der Waals surface area contributed by atoms with Crippen LogP contribution in [0.15, 0.2) is 47.4 Å². The highest BCUT2D eigenvalue weighted by Gasteiger charge is 2.40. The standard InChI is InChI=1S/C20H20N6O3/c21-10-7-20(8-12-25(13-9-20)19(28)29)26-15-6-11-22-18(27)16(15)17(24-26)23-14-4-2-1-3-5-14/h1-6,11H,7-9,12-13H2,(H,22,27)(H,23,24)(H,28,29). The van der Waals surface area contributed by atoms with E-state index in [-0.39, 0.29) is 12.0 Å². The van der Waals surface area contributed by atoms with Gasteiger partial charge in [-0.1, -0.05) is 18.2 Å². The number of rotatable bonds is 4. The van der Waals surface area contributed by atoms with Crippen LogP contribution in [-0.4, -0.2) is 44.0 Å². The van der Waals surface area contributed by atoms with Gasteiger partial charge in [0.15, 0.2) is 5.82 Å². The molecule has 4 rings (SSSR count). The summed E-state index contributed by atoms with van der Waals surface area (Å²) in [7, 11) is 0. The number of aromatic nitrogens is 3. The van der Waals surface area contributed by atoms with E-state index in [2.05, 4.69) is 16.4 Å². The number of hydrogen-bond donors (Lipinski definition) is 3. The van der Waals surface area contributed by atoms with Gasteiger partial charge in [0, 0.05) is 25.0 Å². The van der Waals surface area contributed by atoms with Crippen molar-refractivity contribution in [2.45, 2.75) is 24.8 Å². The molecule has 0 unspecified atom stereocenters. The third-order valence-electron chi connectivity index (χ3n) is 5.46. The fourth-order valence-corrected chi connectivity index (χ4v) is 3.91. The maximum absolute atomic E-state index is 12.6. The number of piperidine rings is 1. The molecule has 2 aromatic heterocycles. The van der Waals surface area contributed by atoms with Crippen LogP contribution in [0.4, 0.5) is 16.3 Å². The molecule has 29 heavy (non-hydrogen) atoms. The van der Waals surface area contributed by atoms with Crippen LogP contribution in [0.3, 0.4) is 0 Å². The van der Waals surface area contributed by atoms with Crippen LogP contribution >= 0.6 is 0 Å². The number of carboxylic acid groups (broad SMARTS) is 1. The fraction of sp³-hybridized carbons (Fsp3) is 0.300. The van der Waals surface area contributed by atoms with Crippen molar-refractivity contribution in [1.29, 1.82) is 5.26 Å². The Morgan fingerprint density at radius 2 is 2.00 bits per heavy atom. The molecule has 1 aliphatic heterocycles. The highest BCUT2D eigenvalue weighted by atomic mass is 16.4. The number of amides is 1. The number of likely N-dealkylation sites (tertiary alicyclic amines) is 1. The maximum Gasteiger partial charge on any atom is 0.407 e. The van der Waals surface area contributed by atoms with Crippen LogP contribution in [0, 0.1) is 11.3 Å².